The lowest BCUT2D eigenvalue weighted by Gasteiger charge is -2.32. The summed E-state index contributed by atoms with van der Waals surface area (Å²) in [6.45, 7) is 5.29. The number of rotatable bonds is 22. The highest BCUT2D eigenvalue weighted by molar-refractivity contribution is 4.51. The maximum absolute atomic E-state index is 9.71. The lowest BCUT2D eigenvalue weighted by Crippen LogP contribution is -2.47. The van der Waals surface area contributed by atoms with Gasteiger partial charge >= 0.3 is 0 Å². The predicted molar refractivity (Wildman–Crippen MR) is 127 cm³/mol. The fourth-order valence-corrected chi connectivity index (χ4v) is 3.96. The average molecular weight is 399 g/mol. The number of nitrogens with zero attached hydrogens (tertiary/aromatic N) is 1. The molecule has 0 fully saturated rings. The number of aliphatic hydroxyl groups excluding tert-OH is 1. The summed E-state index contributed by atoms with van der Waals surface area (Å²) in [7, 11) is 4.25. The van der Waals surface area contributed by atoms with Crippen LogP contribution in [0.3, 0.4) is 0 Å². The third kappa shape index (κ3) is 19.2. The van der Waals surface area contributed by atoms with Crippen molar-refractivity contribution in [3.63, 3.8) is 0 Å². The van der Waals surface area contributed by atoms with E-state index in [4.69, 9.17) is 0 Å². The highest BCUT2D eigenvalue weighted by atomic mass is 16.3. The molecule has 0 aromatic carbocycles. The van der Waals surface area contributed by atoms with Crippen LogP contribution in [0.2, 0.25) is 0 Å². The molecule has 2 nitrogen and oxygen atoms in total. The first-order chi connectivity index (χ1) is 13.5. The van der Waals surface area contributed by atoms with Gasteiger partial charge in [0.1, 0.15) is 0 Å². The first-order valence-electron chi connectivity index (χ1n) is 13.0. The van der Waals surface area contributed by atoms with Gasteiger partial charge in [-0.15, -0.1) is 0 Å². The van der Waals surface area contributed by atoms with E-state index >= 15 is 0 Å². The van der Waals surface area contributed by atoms with Gasteiger partial charge in [0, 0.05) is 6.92 Å². The fourth-order valence-electron chi connectivity index (χ4n) is 3.96. The van der Waals surface area contributed by atoms with Crippen molar-refractivity contribution in [1.82, 2.24) is 0 Å². The Kier molecular flexibility index (Phi) is 20.1. The Morgan fingerprint density at radius 2 is 0.750 bits per heavy atom. The molecule has 0 bridgehead atoms. The van der Waals surface area contributed by atoms with E-state index in [0.29, 0.717) is 0 Å². The van der Waals surface area contributed by atoms with Crippen molar-refractivity contribution in [3.05, 3.63) is 0 Å². The largest absolute Gasteiger partial charge is 0.345 e. The van der Waals surface area contributed by atoms with Crippen molar-refractivity contribution in [1.29, 1.82) is 0 Å². The second-order valence-corrected chi connectivity index (χ2v) is 9.85. The summed E-state index contributed by atoms with van der Waals surface area (Å²) in [6.07, 6.45) is 28.3. The highest BCUT2D eigenvalue weighted by Crippen LogP contribution is 2.15. The summed E-state index contributed by atoms with van der Waals surface area (Å²) in [5.41, 5.74) is 0. The van der Waals surface area contributed by atoms with Crippen LogP contribution in [0.4, 0.5) is 0 Å². The molecule has 1 atom stereocenters. The van der Waals surface area contributed by atoms with Gasteiger partial charge < -0.3 is 9.59 Å². The molecule has 0 radical (unpaired) electrons. The maximum Gasteiger partial charge on any atom is 0.187 e. The van der Waals surface area contributed by atoms with E-state index in [-0.39, 0.29) is 6.23 Å². The van der Waals surface area contributed by atoms with Crippen LogP contribution in [0.5, 0.6) is 0 Å². The maximum atomic E-state index is 9.71. The zero-order valence-corrected chi connectivity index (χ0v) is 20.3. The predicted octanol–water partition coefficient (Wildman–Crippen LogP) is 8.22. The van der Waals surface area contributed by atoms with Gasteiger partial charge in [-0.3, -0.25) is 0 Å². The molecule has 2 heteroatoms. The van der Waals surface area contributed by atoms with Crippen LogP contribution in [-0.2, 0) is 0 Å². The summed E-state index contributed by atoms with van der Waals surface area (Å²) in [4.78, 5) is 0. The summed E-state index contributed by atoms with van der Waals surface area (Å²) in [6, 6.07) is 0. The smallest absolute Gasteiger partial charge is 0.187 e. The quantitative estimate of drug-likeness (QED) is 0.111. The molecule has 1 N–H and O–H groups in total. The van der Waals surface area contributed by atoms with Crippen molar-refractivity contribution < 1.29 is 9.59 Å². The van der Waals surface area contributed by atoms with Crippen molar-refractivity contribution in [2.24, 2.45) is 0 Å². The first-order valence-corrected chi connectivity index (χ1v) is 13.0. The van der Waals surface area contributed by atoms with Crippen LogP contribution in [-0.4, -0.2) is 36.5 Å². The number of hydrogen-bond acceptors (Lipinski definition) is 1. The minimum Gasteiger partial charge on any atom is -0.345 e. The van der Waals surface area contributed by atoms with Gasteiger partial charge in [-0.05, 0) is 12.8 Å². The Morgan fingerprint density at radius 1 is 0.500 bits per heavy atom. The van der Waals surface area contributed by atoms with E-state index in [1.807, 2.05) is 6.92 Å². The third-order valence-corrected chi connectivity index (χ3v) is 6.60. The number of quaternary nitrogens is 1. The summed E-state index contributed by atoms with van der Waals surface area (Å²) in [5, 5.41) is 9.71. The van der Waals surface area contributed by atoms with Gasteiger partial charge in [0.05, 0.1) is 20.6 Å². The van der Waals surface area contributed by atoms with E-state index in [9.17, 15) is 5.11 Å². The minimum absolute atomic E-state index is 0.250. The number of unbranched alkanes of at least 4 members (excludes halogenated alkanes) is 19. The molecular formula is C26H56NO+. The number of hydrogen-bond donors (Lipinski definition) is 1. The topological polar surface area (TPSA) is 20.2 Å². The van der Waals surface area contributed by atoms with Crippen LogP contribution < -0.4 is 0 Å². The molecule has 28 heavy (non-hydrogen) atoms. The van der Waals surface area contributed by atoms with Gasteiger partial charge in [-0.25, -0.2) is 0 Å². The van der Waals surface area contributed by atoms with Gasteiger partial charge in [0.2, 0.25) is 0 Å². The summed E-state index contributed by atoms with van der Waals surface area (Å²) < 4.78 is 0.735. The Bertz CT molecular complexity index is 301. The van der Waals surface area contributed by atoms with E-state index in [0.717, 1.165) is 11.0 Å². The monoisotopic (exact) mass is 398 g/mol. The van der Waals surface area contributed by atoms with Gasteiger partial charge in [0.15, 0.2) is 6.23 Å². The van der Waals surface area contributed by atoms with Crippen LogP contribution >= 0.6 is 0 Å². The molecular weight excluding hydrogens is 342 g/mol. The van der Waals surface area contributed by atoms with E-state index in [1.165, 1.54) is 128 Å². The molecule has 0 aliphatic rings. The minimum atomic E-state index is -0.250. The van der Waals surface area contributed by atoms with E-state index < -0.39 is 0 Å². The molecule has 0 aliphatic carbocycles. The molecule has 0 spiro atoms. The molecule has 0 rings (SSSR count). The van der Waals surface area contributed by atoms with Crippen molar-refractivity contribution in [2.45, 2.75) is 148 Å². The standard InChI is InChI=1S/C26H56NO/c1-5-6-7-8-9-10-11-12-13-14-15-16-17-18-19-20-21-22-23-24-25-27(3,4)26(2)28/h26,28H,5-25H2,1-4H3/q+1. The summed E-state index contributed by atoms with van der Waals surface area (Å²) in [5.74, 6) is 0. The highest BCUT2D eigenvalue weighted by Gasteiger charge is 2.20. The Morgan fingerprint density at radius 3 is 1.00 bits per heavy atom. The molecule has 0 aliphatic heterocycles. The molecule has 0 aromatic heterocycles. The van der Waals surface area contributed by atoms with Crippen molar-refractivity contribution in [2.75, 3.05) is 20.6 Å². The molecule has 0 aromatic rings. The SMILES string of the molecule is CCCCCCCCCCCCCCCCCCCCCC[N+](C)(C)C(C)O. The summed E-state index contributed by atoms with van der Waals surface area (Å²) >= 11 is 0. The van der Waals surface area contributed by atoms with Crippen molar-refractivity contribution in [3.8, 4) is 0 Å². The van der Waals surface area contributed by atoms with Crippen LogP contribution in [0, 0.1) is 0 Å². The second kappa shape index (κ2) is 20.2. The number of aliphatic hydroxyl groups is 1. The zero-order chi connectivity index (χ0) is 20.9. The molecule has 0 saturated heterocycles. The van der Waals surface area contributed by atoms with Crippen LogP contribution in [0.1, 0.15) is 142 Å². The van der Waals surface area contributed by atoms with Crippen molar-refractivity contribution >= 4 is 0 Å². The Hall–Kier alpha value is -0.0800. The fraction of sp³-hybridized carbons (Fsp3) is 1.00. The molecule has 0 amide bonds. The van der Waals surface area contributed by atoms with Crippen LogP contribution in [0.15, 0.2) is 0 Å². The van der Waals surface area contributed by atoms with Crippen LogP contribution in [0.25, 0.3) is 0 Å². The zero-order valence-electron chi connectivity index (χ0n) is 20.3. The van der Waals surface area contributed by atoms with Gasteiger partial charge in [-0.2, -0.15) is 0 Å². The molecule has 1 unspecified atom stereocenters. The van der Waals surface area contributed by atoms with E-state index in [1.54, 1.807) is 0 Å². The lowest BCUT2D eigenvalue weighted by molar-refractivity contribution is -0.934. The normalized spacial score (nSPS) is 13.2. The molecule has 170 valence electrons. The molecule has 0 saturated carbocycles. The Labute approximate surface area is 179 Å². The third-order valence-electron chi connectivity index (χ3n) is 6.60. The van der Waals surface area contributed by atoms with E-state index in [2.05, 4.69) is 21.0 Å². The second-order valence-electron chi connectivity index (χ2n) is 9.85. The van der Waals surface area contributed by atoms with Gasteiger partial charge in [-0.1, -0.05) is 122 Å². The lowest BCUT2D eigenvalue weighted by atomic mass is 10.0. The molecule has 0 heterocycles. The Balaban J connectivity index is 3.11. The average Bonchev–Trinajstić information content (AvgIpc) is 2.66. The van der Waals surface area contributed by atoms with Gasteiger partial charge in [0.25, 0.3) is 0 Å². The first kappa shape index (κ1) is 27.9.